The van der Waals surface area contributed by atoms with Gasteiger partial charge in [-0.25, -0.2) is 4.39 Å². The van der Waals surface area contributed by atoms with Crippen molar-refractivity contribution in [2.24, 2.45) is 0 Å². The number of hydrogen-bond acceptors (Lipinski definition) is 2. The molecule has 0 aliphatic heterocycles. The Balaban J connectivity index is 1.76. The second-order valence-electron chi connectivity index (χ2n) is 4.14. The molecule has 0 atom stereocenters. The summed E-state index contributed by atoms with van der Waals surface area (Å²) >= 11 is 5.88. The molecule has 1 amide bonds. The maximum atomic E-state index is 12.9. The van der Waals surface area contributed by atoms with Crippen LogP contribution < -0.4 is 10.6 Å². The van der Waals surface area contributed by atoms with Crippen LogP contribution in [0.5, 0.6) is 0 Å². The van der Waals surface area contributed by atoms with Gasteiger partial charge >= 0.3 is 0 Å². The van der Waals surface area contributed by atoms with Gasteiger partial charge in [0.25, 0.3) is 0 Å². The third-order valence-electron chi connectivity index (χ3n) is 2.54. The van der Waals surface area contributed by atoms with Crippen molar-refractivity contribution in [3.05, 3.63) is 29.0 Å². The Morgan fingerprint density at radius 1 is 1.47 bits per heavy atom. The van der Waals surface area contributed by atoms with Gasteiger partial charge in [0.15, 0.2) is 0 Å². The molecule has 1 aromatic carbocycles. The summed E-state index contributed by atoms with van der Waals surface area (Å²) in [5, 5.41) is 6.28. The fourth-order valence-electron chi connectivity index (χ4n) is 1.47. The van der Waals surface area contributed by atoms with E-state index in [1.807, 2.05) is 0 Å². The molecule has 2 N–H and O–H groups in total. The number of hydrogen-bond donors (Lipinski definition) is 2. The summed E-state index contributed by atoms with van der Waals surface area (Å²) in [4.78, 5) is 11.4. The van der Waals surface area contributed by atoms with E-state index >= 15 is 0 Å². The van der Waals surface area contributed by atoms with Crippen LogP contribution in [0.4, 0.5) is 10.1 Å². The van der Waals surface area contributed by atoms with Crippen LogP contribution in [0.25, 0.3) is 0 Å². The summed E-state index contributed by atoms with van der Waals surface area (Å²) in [6.07, 6.45) is 2.52. The zero-order valence-corrected chi connectivity index (χ0v) is 10.1. The Labute approximate surface area is 104 Å². The molecule has 1 saturated carbocycles. The second-order valence-corrected chi connectivity index (χ2v) is 4.55. The van der Waals surface area contributed by atoms with Crippen molar-refractivity contribution in [1.82, 2.24) is 5.32 Å². The van der Waals surface area contributed by atoms with Gasteiger partial charge < -0.3 is 10.6 Å². The number of rotatable bonds is 5. The van der Waals surface area contributed by atoms with Gasteiger partial charge in [0.1, 0.15) is 5.82 Å². The van der Waals surface area contributed by atoms with Crippen LogP contribution in [0.1, 0.15) is 19.3 Å². The first kappa shape index (κ1) is 12.2. The van der Waals surface area contributed by atoms with Crippen molar-refractivity contribution in [1.29, 1.82) is 0 Å². The van der Waals surface area contributed by atoms with Gasteiger partial charge in [-0.2, -0.15) is 0 Å². The van der Waals surface area contributed by atoms with E-state index in [1.165, 1.54) is 18.2 Å². The predicted molar refractivity (Wildman–Crippen MR) is 65.7 cm³/mol. The van der Waals surface area contributed by atoms with Crippen molar-refractivity contribution < 1.29 is 9.18 Å². The number of carbonyl (C=O) groups is 1. The van der Waals surface area contributed by atoms with Crippen LogP contribution in [0.3, 0.4) is 0 Å². The second kappa shape index (κ2) is 5.36. The molecule has 1 fully saturated rings. The molecule has 2 rings (SSSR count). The van der Waals surface area contributed by atoms with Crippen molar-refractivity contribution in [3.8, 4) is 0 Å². The smallest absolute Gasteiger partial charge is 0.221 e. The third-order valence-corrected chi connectivity index (χ3v) is 2.87. The molecule has 1 aromatic rings. The average molecular weight is 257 g/mol. The van der Waals surface area contributed by atoms with Crippen LogP contribution in [0, 0.1) is 5.82 Å². The highest BCUT2D eigenvalue weighted by Crippen LogP contribution is 2.22. The first-order chi connectivity index (χ1) is 8.15. The maximum absolute atomic E-state index is 12.9. The minimum atomic E-state index is -0.348. The van der Waals surface area contributed by atoms with Gasteiger partial charge in [-0.3, -0.25) is 4.79 Å². The van der Waals surface area contributed by atoms with Crippen molar-refractivity contribution >= 4 is 23.2 Å². The molecule has 5 heteroatoms. The Morgan fingerprint density at radius 3 is 2.94 bits per heavy atom. The fraction of sp³-hybridized carbons (Fsp3) is 0.417. The van der Waals surface area contributed by atoms with E-state index in [-0.39, 0.29) is 11.7 Å². The standard InChI is InChI=1S/C12H14ClFN2O/c13-10-4-1-8(14)7-11(10)15-6-5-12(17)16-9-2-3-9/h1,4,7,9,15H,2-3,5-6H2,(H,16,17). The van der Waals surface area contributed by atoms with E-state index in [1.54, 1.807) is 0 Å². The van der Waals surface area contributed by atoms with E-state index in [2.05, 4.69) is 10.6 Å². The molecule has 0 spiro atoms. The number of amides is 1. The molecule has 0 radical (unpaired) electrons. The summed E-state index contributed by atoms with van der Waals surface area (Å²) in [6.45, 7) is 0.446. The summed E-state index contributed by atoms with van der Waals surface area (Å²) in [7, 11) is 0. The topological polar surface area (TPSA) is 41.1 Å². The van der Waals surface area contributed by atoms with Crippen molar-refractivity contribution in [2.75, 3.05) is 11.9 Å². The van der Waals surface area contributed by atoms with Gasteiger partial charge in [0.05, 0.1) is 10.7 Å². The largest absolute Gasteiger partial charge is 0.383 e. The number of halogens is 2. The van der Waals surface area contributed by atoms with E-state index in [0.29, 0.717) is 29.7 Å². The number of anilines is 1. The molecule has 0 bridgehead atoms. The lowest BCUT2D eigenvalue weighted by Gasteiger charge is -2.08. The van der Waals surface area contributed by atoms with Crippen molar-refractivity contribution in [3.63, 3.8) is 0 Å². The minimum absolute atomic E-state index is 0.0209. The van der Waals surface area contributed by atoms with E-state index in [0.717, 1.165) is 12.8 Å². The van der Waals surface area contributed by atoms with Gasteiger partial charge in [-0.1, -0.05) is 11.6 Å². The molecule has 3 nitrogen and oxygen atoms in total. The molecule has 1 aliphatic rings. The Kier molecular flexibility index (Phi) is 3.84. The lowest BCUT2D eigenvalue weighted by Crippen LogP contribution is -2.27. The zero-order chi connectivity index (χ0) is 12.3. The normalized spacial score (nSPS) is 14.5. The SMILES string of the molecule is O=C(CCNc1cc(F)ccc1Cl)NC1CC1. The van der Waals surface area contributed by atoms with Gasteiger partial charge in [-0.15, -0.1) is 0 Å². The monoisotopic (exact) mass is 256 g/mol. The summed E-state index contributed by atoms with van der Waals surface area (Å²) in [5.41, 5.74) is 0.519. The van der Waals surface area contributed by atoms with Crippen LogP contribution in [0.2, 0.25) is 5.02 Å². The highest BCUT2D eigenvalue weighted by Gasteiger charge is 2.22. The third kappa shape index (κ3) is 3.89. The van der Waals surface area contributed by atoms with Crippen LogP contribution in [0.15, 0.2) is 18.2 Å². The molecule has 92 valence electrons. The van der Waals surface area contributed by atoms with E-state index in [4.69, 9.17) is 11.6 Å². The van der Waals surface area contributed by atoms with Crippen LogP contribution >= 0.6 is 11.6 Å². The summed E-state index contributed by atoms with van der Waals surface area (Å²) < 4.78 is 12.9. The number of benzene rings is 1. The van der Waals surface area contributed by atoms with Gasteiger partial charge in [0, 0.05) is 19.0 Å². The number of carbonyl (C=O) groups excluding carboxylic acids is 1. The molecular weight excluding hydrogens is 243 g/mol. The van der Waals surface area contributed by atoms with E-state index in [9.17, 15) is 9.18 Å². The van der Waals surface area contributed by atoms with Crippen LogP contribution in [-0.4, -0.2) is 18.5 Å². The lowest BCUT2D eigenvalue weighted by molar-refractivity contribution is -0.120. The first-order valence-electron chi connectivity index (χ1n) is 5.63. The van der Waals surface area contributed by atoms with Gasteiger partial charge in [0.2, 0.25) is 5.91 Å². The zero-order valence-electron chi connectivity index (χ0n) is 9.30. The quantitative estimate of drug-likeness (QED) is 0.850. The lowest BCUT2D eigenvalue weighted by atomic mass is 10.3. The van der Waals surface area contributed by atoms with E-state index < -0.39 is 0 Å². The molecule has 0 unspecified atom stereocenters. The average Bonchev–Trinajstić information content (AvgIpc) is 3.07. The minimum Gasteiger partial charge on any atom is -0.383 e. The molecule has 1 aliphatic carbocycles. The fourth-order valence-corrected chi connectivity index (χ4v) is 1.66. The van der Waals surface area contributed by atoms with Gasteiger partial charge in [-0.05, 0) is 31.0 Å². The Morgan fingerprint density at radius 2 is 2.24 bits per heavy atom. The Hall–Kier alpha value is -1.29. The highest BCUT2D eigenvalue weighted by atomic mass is 35.5. The first-order valence-corrected chi connectivity index (χ1v) is 6.01. The molecule has 0 saturated heterocycles. The molecule has 0 aromatic heterocycles. The van der Waals surface area contributed by atoms with Crippen LogP contribution in [-0.2, 0) is 4.79 Å². The highest BCUT2D eigenvalue weighted by molar-refractivity contribution is 6.33. The predicted octanol–water partition coefficient (Wildman–Crippen LogP) is 2.56. The summed E-state index contributed by atoms with van der Waals surface area (Å²) in [5.74, 6) is -0.327. The number of nitrogens with one attached hydrogen (secondary N) is 2. The summed E-state index contributed by atoms with van der Waals surface area (Å²) in [6, 6.07) is 4.48. The molecule has 0 heterocycles. The maximum Gasteiger partial charge on any atom is 0.221 e. The molecule has 17 heavy (non-hydrogen) atoms. The van der Waals surface area contributed by atoms with Crippen molar-refractivity contribution in [2.45, 2.75) is 25.3 Å². The molecular formula is C12H14ClFN2O. The Bertz CT molecular complexity index is 421.